The van der Waals surface area contributed by atoms with Crippen molar-refractivity contribution in [1.82, 2.24) is 19.9 Å². The second kappa shape index (κ2) is 7.84. The van der Waals surface area contributed by atoms with Gasteiger partial charge in [0.2, 0.25) is 0 Å². The van der Waals surface area contributed by atoms with Crippen molar-refractivity contribution in [3.8, 4) is 5.69 Å². The summed E-state index contributed by atoms with van der Waals surface area (Å²) < 4.78 is 1.89. The number of aromatic nitrogens is 3. The summed E-state index contributed by atoms with van der Waals surface area (Å²) in [6, 6.07) is 9.81. The van der Waals surface area contributed by atoms with Crippen LogP contribution >= 0.6 is 23.1 Å². The van der Waals surface area contributed by atoms with E-state index in [9.17, 15) is 4.79 Å². The van der Waals surface area contributed by atoms with E-state index in [2.05, 4.69) is 15.3 Å². The molecule has 3 rings (SSSR count). The Kier molecular flexibility index (Phi) is 5.55. The molecule has 0 bridgehead atoms. The summed E-state index contributed by atoms with van der Waals surface area (Å²) >= 11 is 3.21. The zero-order valence-electron chi connectivity index (χ0n) is 14.4. The molecule has 130 valence electrons. The van der Waals surface area contributed by atoms with Crippen LogP contribution in [0, 0.1) is 13.8 Å². The Balaban J connectivity index is 1.74. The topological polar surface area (TPSA) is 59.8 Å². The van der Waals surface area contributed by atoms with Gasteiger partial charge in [0.25, 0.3) is 5.91 Å². The summed E-state index contributed by atoms with van der Waals surface area (Å²) in [6.45, 7) is 4.59. The number of nitrogens with zero attached hydrogens (tertiary/aromatic N) is 3. The maximum atomic E-state index is 12.7. The molecule has 2 heterocycles. The third kappa shape index (κ3) is 3.93. The number of carbonyl (C=O) groups excluding carboxylic acids is 1. The smallest absolute Gasteiger partial charge is 0.269 e. The maximum Gasteiger partial charge on any atom is 0.269 e. The molecule has 0 unspecified atom stereocenters. The molecule has 0 aliphatic heterocycles. The average molecular weight is 373 g/mol. The van der Waals surface area contributed by atoms with Crippen LogP contribution < -0.4 is 5.32 Å². The number of thiazole rings is 1. The zero-order chi connectivity index (χ0) is 17.8. The first-order valence-corrected chi connectivity index (χ1v) is 10.0. The van der Waals surface area contributed by atoms with E-state index in [0.717, 1.165) is 28.0 Å². The fourth-order valence-electron chi connectivity index (χ4n) is 2.65. The first-order chi connectivity index (χ1) is 12.1. The Morgan fingerprint density at radius 1 is 1.28 bits per heavy atom. The summed E-state index contributed by atoms with van der Waals surface area (Å²) in [5, 5.41) is 4.86. The number of carbonyl (C=O) groups is 1. The number of hydrogen-bond donors (Lipinski definition) is 1. The lowest BCUT2D eigenvalue weighted by Crippen LogP contribution is -2.27. The lowest BCUT2D eigenvalue weighted by molar-refractivity contribution is 0.0947. The second-order valence-corrected chi connectivity index (χ2v) is 7.61. The van der Waals surface area contributed by atoms with E-state index < -0.39 is 0 Å². The number of para-hydroxylation sites is 1. The monoisotopic (exact) mass is 372 g/mol. The Morgan fingerprint density at radius 3 is 2.68 bits per heavy atom. The Bertz CT molecular complexity index is 871. The molecule has 0 radical (unpaired) electrons. The number of amides is 1. The summed E-state index contributed by atoms with van der Waals surface area (Å²) in [6.07, 6.45) is 4.38. The Morgan fingerprint density at radius 2 is 2.04 bits per heavy atom. The van der Waals surface area contributed by atoms with Crippen molar-refractivity contribution in [3.63, 3.8) is 0 Å². The lowest BCUT2D eigenvalue weighted by Gasteiger charge is -2.11. The van der Waals surface area contributed by atoms with Gasteiger partial charge in [-0.25, -0.2) is 9.97 Å². The number of benzene rings is 1. The Hall–Kier alpha value is -2.12. The normalized spacial score (nSPS) is 10.8. The minimum absolute atomic E-state index is 0.115. The highest BCUT2D eigenvalue weighted by atomic mass is 32.2. The highest BCUT2D eigenvalue weighted by molar-refractivity contribution is 7.98. The van der Waals surface area contributed by atoms with E-state index in [1.807, 2.05) is 55.0 Å². The van der Waals surface area contributed by atoms with Crippen LogP contribution in [0.3, 0.4) is 0 Å². The number of rotatable bonds is 6. The largest absolute Gasteiger partial charge is 0.350 e. The van der Waals surface area contributed by atoms with Gasteiger partial charge in [-0.3, -0.25) is 9.36 Å². The first kappa shape index (κ1) is 17.7. The summed E-state index contributed by atoms with van der Waals surface area (Å²) in [4.78, 5) is 22.7. The predicted octanol–water partition coefficient (Wildman–Crippen LogP) is 3.64. The molecule has 0 atom stereocenters. The van der Waals surface area contributed by atoms with Crippen molar-refractivity contribution < 1.29 is 4.79 Å². The lowest BCUT2D eigenvalue weighted by atomic mass is 10.3. The quantitative estimate of drug-likeness (QED) is 0.671. The molecule has 7 heteroatoms. The molecule has 5 nitrogen and oxygen atoms in total. The van der Waals surface area contributed by atoms with E-state index in [1.165, 1.54) is 16.6 Å². The molecular formula is C18H20N4OS2. The predicted molar refractivity (Wildman–Crippen MR) is 103 cm³/mol. The fraction of sp³-hybridized carbons (Fsp3) is 0.278. The van der Waals surface area contributed by atoms with Gasteiger partial charge in [-0.15, -0.1) is 11.3 Å². The van der Waals surface area contributed by atoms with E-state index in [4.69, 9.17) is 0 Å². The van der Waals surface area contributed by atoms with Crippen LogP contribution in [0.4, 0.5) is 0 Å². The molecule has 0 aliphatic rings. The molecule has 25 heavy (non-hydrogen) atoms. The number of hydrogen-bond acceptors (Lipinski definition) is 5. The van der Waals surface area contributed by atoms with Gasteiger partial charge in [0, 0.05) is 23.5 Å². The molecule has 0 saturated heterocycles. The van der Waals surface area contributed by atoms with Gasteiger partial charge in [-0.05, 0) is 32.2 Å². The van der Waals surface area contributed by atoms with E-state index in [1.54, 1.807) is 17.5 Å². The molecule has 3 aromatic rings. The van der Waals surface area contributed by atoms with Crippen LogP contribution in [-0.4, -0.2) is 33.2 Å². The summed E-state index contributed by atoms with van der Waals surface area (Å²) in [5.74, 6) is -0.115. The number of imidazole rings is 1. The zero-order valence-corrected chi connectivity index (χ0v) is 16.1. The number of aryl methyl sites for hydroxylation is 2. The molecule has 0 spiro atoms. The van der Waals surface area contributed by atoms with Crippen molar-refractivity contribution in [2.45, 2.75) is 25.4 Å². The maximum absolute atomic E-state index is 12.7. The summed E-state index contributed by atoms with van der Waals surface area (Å²) in [5.41, 5.74) is 2.53. The standard InChI is InChI=1S/C18H20N4OS2/c1-12-16(25-13(2)21-12)9-10-19-17(23)15-11-20-18(24-3)22(15)14-7-5-4-6-8-14/h4-8,11H,9-10H2,1-3H3,(H,19,23). The molecular weight excluding hydrogens is 352 g/mol. The van der Waals surface area contributed by atoms with Crippen molar-refractivity contribution >= 4 is 29.0 Å². The third-order valence-electron chi connectivity index (χ3n) is 3.80. The minimum Gasteiger partial charge on any atom is -0.350 e. The highest BCUT2D eigenvalue weighted by Crippen LogP contribution is 2.21. The molecule has 2 aromatic heterocycles. The van der Waals surface area contributed by atoms with Gasteiger partial charge in [0.15, 0.2) is 5.16 Å². The molecule has 0 aliphatic carbocycles. The van der Waals surface area contributed by atoms with Gasteiger partial charge in [0.1, 0.15) is 5.69 Å². The van der Waals surface area contributed by atoms with Crippen molar-refractivity contribution in [3.05, 3.63) is 57.8 Å². The SMILES string of the molecule is CSc1ncc(C(=O)NCCc2sc(C)nc2C)n1-c1ccccc1. The second-order valence-electron chi connectivity index (χ2n) is 5.55. The van der Waals surface area contributed by atoms with Crippen LogP contribution in [0.2, 0.25) is 0 Å². The van der Waals surface area contributed by atoms with Crippen molar-refractivity contribution in [1.29, 1.82) is 0 Å². The average Bonchev–Trinajstić information content (AvgIpc) is 3.18. The van der Waals surface area contributed by atoms with E-state index >= 15 is 0 Å². The van der Waals surface area contributed by atoms with Gasteiger partial charge >= 0.3 is 0 Å². The molecule has 0 fully saturated rings. The minimum atomic E-state index is -0.115. The Labute approximate surface area is 155 Å². The molecule has 1 aromatic carbocycles. The molecule has 1 amide bonds. The van der Waals surface area contributed by atoms with Crippen LogP contribution in [0.15, 0.2) is 41.7 Å². The van der Waals surface area contributed by atoms with E-state index in [-0.39, 0.29) is 5.91 Å². The molecule has 1 N–H and O–H groups in total. The first-order valence-electron chi connectivity index (χ1n) is 7.98. The van der Waals surface area contributed by atoms with Gasteiger partial charge in [-0.2, -0.15) is 0 Å². The van der Waals surface area contributed by atoms with Crippen molar-refractivity contribution in [2.75, 3.05) is 12.8 Å². The number of nitrogens with one attached hydrogen (secondary N) is 1. The molecule has 0 saturated carbocycles. The van der Waals surface area contributed by atoms with Gasteiger partial charge in [0.05, 0.1) is 16.9 Å². The van der Waals surface area contributed by atoms with Crippen molar-refractivity contribution in [2.24, 2.45) is 0 Å². The van der Waals surface area contributed by atoms with Crippen LogP contribution in [-0.2, 0) is 6.42 Å². The highest BCUT2D eigenvalue weighted by Gasteiger charge is 2.17. The van der Waals surface area contributed by atoms with Crippen LogP contribution in [0.1, 0.15) is 26.1 Å². The van der Waals surface area contributed by atoms with Crippen LogP contribution in [0.25, 0.3) is 5.69 Å². The third-order valence-corrected chi connectivity index (χ3v) is 5.58. The number of thioether (sulfide) groups is 1. The van der Waals surface area contributed by atoms with E-state index in [0.29, 0.717) is 12.2 Å². The van der Waals surface area contributed by atoms with Gasteiger partial charge in [-0.1, -0.05) is 30.0 Å². The van der Waals surface area contributed by atoms with Crippen LogP contribution in [0.5, 0.6) is 0 Å². The fourth-order valence-corrected chi connectivity index (χ4v) is 4.13. The summed E-state index contributed by atoms with van der Waals surface area (Å²) in [7, 11) is 0. The van der Waals surface area contributed by atoms with Gasteiger partial charge < -0.3 is 5.32 Å².